The van der Waals surface area contributed by atoms with Crippen LogP contribution in [0.25, 0.3) is 10.9 Å². The molecule has 0 atom stereocenters. The first-order valence-electron chi connectivity index (χ1n) is 13.7. The van der Waals surface area contributed by atoms with Gasteiger partial charge in [-0.15, -0.1) is 0 Å². The summed E-state index contributed by atoms with van der Waals surface area (Å²) in [6, 6.07) is 24.1. The monoisotopic (exact) mass is 614 g/mol. The van der Waals surface area contributed by atoms with Crippen molar-refractivity contribution in [1.29, 1.82) is 0 Å². The maximum atomic E-state index is 13.4. The number of likely N-dealkylation sites (N-methyl/N-ethyl adjacent to an activating group) is 1. The Morgan fingerprint density at radius 3 is 2.37 bits per heavy atom. The molecule has 0 spiro atoms. The number of fused-ring (bicyclic) bond motifs is 1. The van der Waals surface area contributed by atoms with Crippen molar-refractivity contribution in [2.45, 2.75) is 20.0 Å². The summed E-state index contributed by atoms with van der Waals surface area (Å²) in [6.07, 6.45) is 0.0751. The Morgan fingerprint density at radius 1 is 0.907 bits per heavy atom. The van der Waals surface area contributed by atoms with Crippen LogP contribution in [0.3, 0.4) is 0 Å². The van der Waals surface area contributed by atoms with Crippen LogP contribution < -0.4 is 14.5 Å². The molecule has 0 aliphatic carbocycles. The fourth-order valence-corrected chi connectivity index (χ4v) is 5.49. The fourth-order valence-electron chi connectivity index (χ4n) is 4.89. The molecule has 9 heteroatoms. The number of hydrogen-bond donors (Lipinski definition) is 0. The Bertz CT molecular complexity index is 1830. The molecule has 7 nitrogen and oxygen atoms in total. The number of carbonyl (C=O) groups is 2. The van der Waals surface area contributed by atoms with E-state index in [1.807, 2.05) is 80.5 Å². The number of para-hydroxylation sites is 1. The lowest BCUT2D eigenvalue weighted by molar-refractivity contribution is -0.117. The van der Waals surface area contributed by atoms with Gasteiger partial charge >= 0.3 is 0 Å². The van der Waals surface area contributed by atoms with E-state index >= 15 is 0 Å². The Hall–Kier alpha value is -4.33. The zero-order chi connectivity index (χ0) is 30.8. The van der Waals surface area contributed by atoms with Crippen LogP contribution in [0, 0.1) is 6.92 Å². The summed E-state index contributed by atoms with van der Waals surface area (Å²) >= 11 is 13.3. The number of anilines is 2. The average Bonchev–Trinajstić information content (AvgIpc) is 3.35. The maximum Gasteiger partial charge on any atom is 0.232 e. The molecule has 0 N–H and O–H groups in total. The van der Waals surface area contributed by atoms with Crippen molar-refractivity contribution in [2.24, 2.45) is 7.05 Å². The maximum absolute atomic E-state index is 13.4. The number of halogens is 2. The molecule has 2 aromatic heterocycles. The SMILES string of the molecule is Cc1ccc2cccc(OCc3c(Cl)ccc(N(C)C(=O)Cc4ccc(C(=O)c5ccc(N(C)C)cc5)n4C)c3Cl)c2n1. The molecule has 0 fully saturated rings. The minimum absolute atomic E-state index is 0.0751. The van der Waals surface area contributed by atoms with Crippen molar-refractivity contribution in [2.75, 3.05) is 30.9 Å². The highest BCUT2D eigenvalue weighted by atomic mass is 35.5. The van der Waals surface area contributed by atoms with Gasteiger partial charge in [0.15, 0.2) is 0 Å². The van der Waals surface area contributed by atoms with Crippen molar-refractivity contribution in [3.8, 4) is 5.75 Å². The van der Waals surface area contributed by atoms with Gasteiger partial charge in [0, 0.05) is 66.8 Å². The van der Waals surface area contributed by atoms with E-state index in [4.69, 9.17) is 27.9 Å². The minimum Gasteiger partial charge on any atom is -0.487 e. The molecule has 1 amide bonds. The van der Waals surface area contributed by atoms with Gasteiger partial charge < -0.3 is 19.1 Å². The summed E-state index contributed by atoms with van der Waals surface area (Å²) < 4.78 is 7.90. The molecule has 5 rings (SSSR count). The van der Waals surface area contributed by atoms with Gasteiger partial charge in [0.1, 0.15) is 17.9 Å². The molecule has 43 heavy (non-hydrogen) atoms. The molecule has 0 aliphatic heterocycles. The van der Waals surface area contributed by atoms with Crippen LogP contribution in [0.2, 0.25) is 10.0 Å². The molecule has 3 aromatic carbocycles. The van der Waals surface area contributed by atoms with Gasteiger partial charge in [-0.1, -0.05) is 41.4 Å². The van der Waals surface area contributed by atoms with Gasteiger partial charge in [0.2, 0.25) is 11.7 Å². The zero-order valence-electron chi connectivity index (χ0n) is 24.7. The van der Waals surface area contributed by atoms with Crippen LogP contribution in [-0.2, 0) is 24.9 Å². The second-order valence-corrected chi connectivity index (χ2v) is 11.4. The smallest absolute Gasteiger partial charge is 0.232 e. The third-order valence-electron chi connectivity index (χ3n) is 7.53. The first-order valence-corrected chi connectivity index (χ1v) is 14.5. The van der Waals surface area contributed by atoms with E-state index in [1.165, 1.54) is 4.90 Å². The second-order valence-electron chi connectivity index (χ2n) is 10.6. The number of ketones is 1. The van der Waals surface area contributed by atoms with Crippen molar-refractivity contribution < 1.29 is 14.3 Å². The van der Waals surface area contributed by atoms with E-state index in [0.29, 0.717) is 44.0 Å². The summed E-state index contributed by atoms with van der Waals surface area (Å²) in [4.78, 5) is 34.7. The molecule has 0 radical (unpaired) electrons. The van der Waals surface area contributed by atoms with Crippen LogP contribution in [0.15, 0.2) is 78.9 Å². The van der Waals surface area contributed by atoms with Gasteiger partial charge in [-0.25, -0.2) is 4.98 Å². The van der Waals surface area contributed by atoms with Gasteiger partial charge in [0.25, 0.3) is 0 Å². The molecule has 0 aliphatic rings. The number of pyridine rings is 1. The number of carbonyl (C=O) groups excluding carboxylic acids is 2. The third kappa shape index (κ3) is 6.24. The normalized spacial score (nSPS) is 11.0. The van der Waals surface area contributed by atoms with E-state index in [1.54, 1.807) is 42.9 Å². The quantitative estimate of drug-likeness (QED) is 0.163. The van der Waals surface area contributed by atoms with E-state index in [9.17, 15) is 9.59 Å². The summed E-state index contributed by atoms with van der Waals surface area (Å²) in [5, 5.41) is 1.73. The second kappa shape index (κ2) is 12.5. The van der Waals surface area contributed by atoms with Gasteiger partial charge in [0.05, 0.1) is 22.8 Å². The number of aryl methyl sites for hydroxylation is 1. The first kappa shape index (κ1) is 30.1. The molecular weight excluding hydrogens is 583 g/mol. The molecule has 220 valence electrons. The summed E-state index contributed by atoms with van der Waals surface area (Å²) in [5.74, 6) is 0.313. The molecule has 0 saturated carbocycles. The molecule has 2 heterocycles. The molecule has 5 aromatic rings. The third-order valence-corrected chi connectivity index (χ3v) is 8.31. The minimum atomic E-state index is -0.194. The fraction of sp³-hybridized carbons (Fsp3) is 0.206. The number of rotatable bonds is 9. The number of amides is 1. The number of ether oxygens (including phenoxy) is 1. The van der Waals surface area contributed by atoms with Gasteiger partial charge in [-0.3, -0.25) is 9.59 Å². The van der Waals surface area contributed by atoms with Crippen LogP contribution in [0.1, 0.15) is 33.0 Å². The van der Waals surface area contributed by atoms with Gasteiger partial charge in [-0.05, 0) is 67.6 Å². The van der Waals surface area contributed by atoms with Crippen LogP contribution >= 0.6 is 23.2 Å². The highest BCUT2D eigenvalue weighted by Crippen LogP contribution is 2.35. The zero-order valence-corrected chi connectivity index (χ0v) is 26.2. The Morgan fingerprint density at radius 2 is 1.65 bits per heavy atom. The van der Waals surface area contributed by atoms with Crippen molar-refractivity contribution >= 4 is 57.2 Å². The standard InChI is InChI=1S/C34H32Cl2N4O3/c1-21-9-10-22-7-6-8-30(33(22)37-21)43-20-26-27(35)16-18-28(32(26)36)40(5)31(41)19-25-15-17-29(39(25)4)34(42)23-11-13-24(14-12-23)38(2)3/h6-18H,19-20H2,1-5H3. The number of nitrogens with zero attached hydrogens (tertiary/aromatic N) is 4. The van der Waals surface area contributed by atoms with Crippen LogP contribution in [0.5, 0.6) is 5.75 Å². The molecule has 0 unspecified atom stereocenters. The van der Waals surface area contributed by atoms with Crippen LogP contribution in [-0.4, -0.2) is 42.4 Å². The average molecular weight is 616 g/mol. The lowest BCUT2D eigenvalue weighted by atomic mass is 10.1. The molecule has 0 saturated heterocycles. The highest BCUT2D eigenvalue weighted by Gasteiger charge is 2.22. The van der Waals surface area contributed by atoms with E-state index in [0.717, 1.165) is 22.3 Å². The summed E-state index contributed by atoms with van der Waals surface area (Å²) in [5.41, 5.74) is 5.51. The topological polar surface area (TPSA) is 67.7 Å². The predicted octanol–water partition coefficient (Wildman–Crippen LogP) is 7.27. The highest BCUT2D eigenvalue weighted by molar-refractivity contribution is 6.38. The van der Waals surface area contributed by atoms with E-state index < -0.39 is 0 Å². The predicted molar refractivity (Wildman–Crippen MR) is 174 cm³/mol. The van der Waals surface area contributed by atoms with Crippen molar-refractivity contribution in [1.82, 2.24) is 9.55 Å². The number of aromatic nitrogens is 2. The largest absolute Gasteiger partial charge is 0.487 e. The molecular formula is C34H32Cl2N4O3. The van der Waals surface area contributed by atoms with Gasteiger partial charge in [-0.2, -0.15) is 0 Å². The number of benzene rings is 3. The Labute approximate surface area is 261 Å². The Kier molecular flexibility index (Phi) is 8.76. The van der Waals surface area contributed by atoms with Crippen molar-refractivity contribution in [3.05, 3.63) is 117 Å². The first-order chi connectivity index (χ1) is 20.5. The number of hydrogen-bond acceptors (Lipinski definition) is 5. The van der Waals surface area contributed by atoms with E-state index in [2.05, 4.69) is 4.98 Å². The Balaban J connectivity index is 1.32. The van der Waals surface area contributed by atoms with Crippen molar-refractivity contribution in [3.63, 3.8) is 0 Å². The molecule has 0 bridgehead atoms. The van der Waals surface area contributed by atoms with E-state index in [-0.39, 0.29) is 24.7 Å². The summed E-state index contributed by atoms with van der Waals surface area (Å²) in [6.45, 7) is 2.03. The van der Waals surface area contributed by atoms with Crippen LogP contribution in [0.4, 0.5) is 11.4 Å². The summed E-state index contributed by atoms with van der Waals surface area (Å²) in [7, 11) is 7.36. The lowest BCUT2D eigenvalue weighted by Gasteiger charge is -2.21. The lowest BCUT2D eigenvalue weighted by Crippen LogP contribution is -2.29.